The molecule has 1 aliphatic heterocycles. The summed E-state index contributed by atoms with van der Waals surface area (Å²) in [7, 11) is 0. The Hall–Kier alpha value is -1.59. The zero-order valence-corrected chi connectivity index (χ0v) is 11.5. The molecular formula is C12H10Cl2N4O. The molecule has 0 fully saturated rings. The van der Waals surface area contributed by atoms with Crippen LogP contribution in [0.25, 0.3) is 11.3 Å². The molecule has 0 saturated heterocycles. The van der Waals surface area contributed by atoms with Gasteiger partial charge in [0.15, 0.2) is 0 Å². The zero-order valence-electron chi connectivity index (χ0n) is 10.0. The molecule has 0 spiro atoms. The molecule has 3 heterocycles. The van der Waals surface area contributed by atoms with Crippen LogP contribution in [0.1, 0.15) is 17.4 Å². The van der Waals surface area contributed by atoms with Crippen LogP contribution in [0.2, 0.25) is 10.3 Å². The maximum absolute atomic E-state index is 11.9. The molecule has 1 aliphatic rings. The molecule has 3 rings (SSSR count). The Morgan fingerprint density at radius 2 is 2.26 bits per heavy atom. The average molecular weight is 297 g/mol. The second-order valence-electron chi connectivity index (χ2n) is 4.48. The molecule has 0 saturated carbocycles. The van der Waals surface area contributed by atoms with Crippen LogP contribution in [0.5, 0.6) is 0 Å². The van der Waals surface area contributed by atoms with E-state index in [1.807, 2.05) is 17.7 Å². The highest BCUT2D eigenvalue weighted by molar-refractivity contribution is 6.33. The van der Waals surface area contributed by atoms with E-state index in [0.717, 1.165) is 12.1 Å². The molecule has 0 bridgehead atoms. The highest BCUT2D eigenvalue weighted by Gasteiger charge is 2.23. The molecule has 0 unspecified atom stereocenters. The molecule has 1 amide bonds. The molecule has 1 atom stereocenters. The van der Waals surface area contributed by atoms with Gasteiger partial charge >= 0.3 is 0 Å². The Balaban J connectivity index is 2.10. The Bertz CT molecular complexity index is 668. The van der Waals surface area contributed by atoms with Crippen LogP contribution in [-0.4, -0.2) is 26.5 Å². The summed E-state index contributed by atoms with van der Waals surface area (Å²) in [4.78, 5) is 19.8. The third-order valence-corrected chi connectivity index (χ3v) is 3.42. The zero-order chi connectivity index (χ0) is 13.6. The molecule has 7 heteroatoms. The number of aromatic nitrogens is 3. The minimum absolute atomic E-state index is 0.0960. The van der Waals surface area contributed by atoms with Gasteiger partial charge in [-0.2, -0.15) is 0 Å². The molecule has 0 aromatic carbocycles. The monoisotopic (exact) mass is 296 g/mol. The van der Waals surface area contributed by atoms with Gasteiger partial charge in [0.1, 0.15) is 5.69 Å². The highest BCUT2D eigenvalue weighted by Crippen LogP contribution is 2.28. The Morgan fingerprint density at radius 3 is 3.05 bits per heavy atom. The summed E-state index contributed by atoms with van der Waals surface area (Å²) in [6.07, 6.45) is 3.31. The number of carbonyl (C=O) groups is 1. The van der Waals surface area contributed by atoms with Crippen LogP contribution in [0.3, 0.4) is 0 Å². The molecule has 2 aromatic rings. The summed E-state index contributed by atoms with van der Waals surface area (Å²) in [6, 6.07) is 1.86. The van der Waals surface area contributed by atoms with Crippen molar-refractivity contribution in [2.24, 2.45) is 0 Å². The first-order valence-electron chi connectivity index (χ1n) is 5.74. The largest absolute Gasteiger partial charge is 0.347 e. The lowest BCUT2D eigenvalue weighted by Crippen LogP contribution is -2.41. The molecule has 0 aliphatic carbocycles. The minimum atomic E-state index is -0.0960. The molecule has 19 heavy (non-hydrogen) atoms. The Kier molecular flexibility index (Phi) is 2.95. The lowest BCUT2D eigenvalue weighted by molar-refractivity contribution is 0.0906. The van der Waals surface area contributed by atoms with Crippen LogP contribution in [-0.2, 0) is 6.54 Å². The van der Waals surface area contributed by atoms with Crippen LogP contribution >= 0.6 is 23.2 Å². The van der Waals surface area contributed by atoms with E-state index in [1.54, 1.807) is 6.07 Å². The lowest BCUT2D eigenvalue weighted by atomic mass is 10.2. The van der Waals surface area contributed by atoms with Crippen molar-refractivity contribution >= 4 is 29.1 Å². The van der Waals surface area contributed by atoms with E-state index in [2.05, 4.69) is 15.3 Å². The third-order valence-electron chi connectivity index (χ3n) is 2.97. The quantitative estimate of drug-likeness (QED) is 0.822. The summed E-state index contributed by atoms with van der Waals surface area (Å²) in [6.45, 7) is 2.67. The van der Waals surface area contributed by atoms with E-state index in [0.29, 0.717) is 16.4 Å². The number of nitrogens with one attached hydrogen (secondary N) is 1. The van der Waals surface area contributed by atoms with Gasteiger partial charge in [0.25, 0.3) is 5.91 Å². The number of hydrogen-bond acceptors (Lipinski definition) is 3. The number of carbonyl (C=O) groups excluding carboxylic acids is 1. The van der Waals surface area contributed by atoms with E-state index in [9.17, 15) is 4.79 Å². The third kappa shape index (κ3) is 2.19. The Labute approximate surface area is 119 Å². The van der Waals surface area contributed by atoms with Gasteiger partial charge in [0.05, 0.1) is 16.9 Å². The van der Waals surface area contributed by atoms with Gasteiger partial charge in [0.2, 0.25) is 5.28 Å². The number of fused-ring (bicyclic) bond motifs is 1. The van der Waals surface area contributed by atoms with Crippen LogP contribution in [0.4, 0.5) is 0 Å². The number of nitrogens with zero attached hydrogens (tertiary/aromatic N) is 3. The normalized spacial score (nSPS) is 18.1. The van der Waals surface area contributed by atoms with E-state index in [1.165, 1.54) is 6.20 Å². The van der Waals surface area contributed by atoms with Crippen molar-refractivity contribution in [3.63, 3.8) is 0 Å². The van der Waals surface area contributed by atoms with Gasteiger partial charge in [0, 0.05) is 24.3 Å². The molecule has 0 radical (unpaired) electrons. The van der Waals surface area contributed by atoms with Gasteiger partial charge < -0.3 is 9.88 Å². The van der Waals surface area contributed by atoms with Gasteiger partial charge in [-0.1, -0.05) is 11.6 Å². The summed E-state index contributed by atoms with van der Waals surface area (Å²) in [5.74, 6) is -0.0960. The SMILES string of the molecule is C[C@@H]1Cn2cc(-c3nc(Cl)ncc3Cl)cc2C(=O)N1. The second-order valence-corrected chi connectivity index (χ2v) is 5.22. The molecular weight excluding hydrogens is 287 g/mol. The van der Waals surface area contributed by atoms with Gasteiger partial charge in [-0.3, -0.25) is 4.79 Å². The fourth-order valence-corrected chi connectivity index (χ4v) is 2.50. The van der Waals surface area contributed by atoms with E-state index < -0.39 is 0 Å². The molecule has 5 nitrogen and oxygen atoms in total. The van der Waals surface area contributed by atoms with E-state index in [4.69, 9.17) is 23.2 Å². The van der Waals surface area contributed by atoms with Gasteiger partial charge in [-0.25, -0.2) is 9.97 Å². The van der Waals surface area contributed by atoms with E-state index >= 15 is 0 Å². The molecule has 98 valence electrons. The maximum atomic E-state index is 11.9. The topological polar surface area (TPSA) is 59.8 Å². The number of halogens is 2. The molecule has 1 N–H and O–H groups in total. The fourth-order valence-electron chi connectivity index (χ4n) is 2.17. The Morgan fingerprint density at radius 1 is 1.47 bits per heavy atom. The summed E-state index contributed by atoms with van der Waals surface area (Å²) >= 11 is 11.8. The summed E-state index contributed by atoms with van der Waals surface area (Å²) in [5, 5.41) is 3.40. The minimum Gasteiger partial charge on any atom is -0.347 e. The summed E-state index contributed by atoms with van der Waals surface area (Å²) < 4.78 is 1.89. The average Bonchev–Trinajstić information content (AvgIpc) is 2.76. The van der Waals surface area contributed by atoms with Crippen molar-refractivity contribution < 1.29 is 4.79 Å². The van der Waals surface area contributed by atoms with E-state index in [-0.39, 0.29) is 17.2 Å². The highest BCUT2D eigenvalue weighted by atomic mass is 35.5. The predicted molar refractivity (Wildman–Crippen MR) is 72.4 cm³/mol. The maximum Gasteiger partial charge on any atom is 0.268 e. The van der Waals surface area contributed by atoms with Crippen molar-refractivity contribution in [1.82, 2.24) is 19.9 Å². The lowest BCUT2D eigenvalue weighted by Gasteiger charge is -2.22. The number of amides is 1. The van der Waals surface area contributed by atoms with Crippen LogP contribution < -0.4 is 5.32 Å². The first kappa shape index (κ1) is 12.4. The first-order chi connectivity index (χ1) is 9.04. The van der Waals surface area contributed by atoms with Crippen molar-refractivity contribution in [3.05, 3.63) is 34.5 Å². The molecule has 2 aromatic heterocycles. The van der Waals surface area contributed by atoms with Crippen molar-refractivity contribution in [2.75, 3.05) is 0 Å². The number of rotatable bonds is 1. The smallest absolute Gasteiger partial charge is 0.268 e. The number of hydrogen-bond donors (Lipinski definition) is 1. The van der Waals surface area contributed by atoms with Crippen LogP contribution in [0.15, 0.2) is 18.5 Å². The summed E-state index contributed by atoms with van der Waals surface area (Å²) in [5.41, 5.74) is 1.89. The standard InChI is InChI=1S/C12H10Cl2N4O/c1-6-4-18-5-7(2-9(18)11(19)16-6)10-8(13)3-15-12(14)17-10/h2-3,5-6H,4H2,1H3,(H,16,19)/t6-/m1/s1. The predicted octanol–water partition coefficient (Wildman–Crippen LogP) is 2.38. The second kappa shape index (κ2) is 4.51. The van der Waals surface area contributed by atoms with Crippen LogP contribution in [0, 0.1) is 0 Å². The van der Waals surface area contributed by atoms with Gasteiger partial charge in [-0.15, -0.1) is 0 Å². The fraction of sp³-hybridized carbons (Fsp3) is 0.250. The van der Waals surface area contributed by atoms with Crippen molar-refractivity contribution in [1.29, 1.82) is 0 Å². The first-order valence-corrected chi connectivity index (χ1v) is 6.49. The van der Waals surface area contributed by atoms with Gasteiger partial charge in [-0.05, 0) is 24.6 Å². The van der Waals surface area contributed by atoms with Crippen molar-refractivity contribution in [2.45, 2.75) is 19.5 Å². The van der Waals surface area contributed by atoms with Crippen molar-refractivity contribution in [3.8, 4) is 11.3 Å².